The first-order chi connectivity index (χ1) is 8.97. The molecule has 0 fully saturated rings. The van der Waals surface area contributed by atoms with E-state index < -0.39 is 6.10 Å². The molecule has 1 aromatic carbocycles. The van der Waals surface area contributed by atoms with E-state index in [9.17, 15) is 9.50 Å². The van der Waals surface area contributed by atoms with E-state index in [2.05, 4.69) is 16.7 Å². The Hall–Kier alpha value is -1.13. The van der Waals surface area contributed by atoms with Crippen molar-refractivity contribution in [3.63, 3.8) is 0 Å². The molecule has 0 radical (unpaired) electrons. The lowest BCUT2D eigenvalue weighted by Gasteiger charge is -2.29. The summed E-state index contributed by atoms with van der Waals surface area (Å²) in [6, 6.07) is 4.99. The molecule has 0 aliphatic rings. The molecule has 0 heterocycles. The van der Waals surface area contributed by atoms with Crippen molar-refractivity contribution >= 4 is 5.69 Å². The van der Waals surface area contributed by atoms with E-state index in [0.717, 1.165) is 31.7 Å². The lowest BCUT2D eigenvalue weighted by molar-refractivity contribution is 0.194. The first kappa shape index (κ1) is 15.9. The molecule has 0 unspecified atom stereocenters. The van der Waals surface area contributed by atoms with Crippen molar-refractivity contribution in [2.24, 2.45) is 0 Å². The molecule has 108 valence electrons. The van der Waals surface area contributed by atoms with Crippen molar-refractivity contribution in [1.82, 2.24) is 4.90 Å². The highest BCUT2D eigenvalue weighted by Crippen LogP contribution is 2.29. The minimum Gasteiger partial charge on any atom is -0.389 e. The Labute approximate surface area is 115 Å². The van der Waals surface area contributed by atoms with Crippen LogP contribution >= 0.6 is 0 Å². The largest absolute Gasteiger partial charge is 0.389 e. The fourth-order valence-electron chi connectivity index (χ4n) is 2.16. The topological polar surface area (TPSA) is 26.7 Å². The van der Waals surface area contributed by atoms with Gasteiger partial charge in [0.15, 0.2) is 0 Å². The Balaban J connectivity index is 3.04. The third kappa shape index (κ3) is 4.48. The second-order valence-corrected chi connectivity index (χ2v) is 5.14. The minimum absolute atomic E-state index is 0.335. The van der Waals surface area contributed by atoms with Crippen LogP contribution in [0, 0.1) is 5.82 Å². The number of benzene rings is 1. The van der Waals surface area contributed by atoms with E-state index in [4.69, 9.17) is 0 Å². The standard InChI is InChI=1S/C15H25FN2O/c1-5-9-18(11-10-17(3)4)14-8-6-7-13(16)15(14)12(2)19/h6-8,12,19H,5,9-11H2,1-4H3/t12-/m1/s1. The van der Waals surface area contributed by atoms with E-state index in [1.54, 1.807) is 13.0 Å². The summed E-state index contributed by atoms with van der Waals surface area (Å²) in [4.78, 5) is 4.25. The number of likely N-dealkylation sites (N-methyl/N-ethyl adjacent to an activating group) is 1. The van der Waals surface area contributed by atoms with E-state index in [0.29, 0.717) is 5.56 Å². The van der Waals surface area contributed by atoms with Crippen LogP contribution < -0.4 is 4.90 Å². The molecule has 1 atom stereocenters. The second kappa shape index (κ2) is 7.46. The van der Waals surface area contributed by atoms with Crippen molar-refractivity contribution in [2.75, 3.05) is 38.6 Å². The summed E-state index contributed by atoms with van der Waals surface area (Å²) >= 11 is 0. The Kier molecular flexibility index (Phi) is 6.25. The Morgan fingerprint density at radius 2 is 1.89 bits per heavy atom. The summed E-state index contributed by atoms with van der Waals surface area (Å²) in [6.45, 7) is 6.29. The van der Waals surface area contributed by atoms with Crippen LogP contribution in [0.15, 0.2) is 18.2 Å². The van der Waals surface area contributed by atoms with Crippen LogP contribution in [-0.2, 0) is 0 Å². The number of anilines is 1. The number of hydrogen-bond acceptors (Lipinski definition) is 3. The van der Waals surface area contributed by atoms with Crippen LogP contribution in [0.4, 0.5) is 10.1 Å². The van der Waals surface area contributed by atoms with Crippen LogP contribution in [0.25, 0.3) is 0 Å². The normalized spacial score (nSPS) is 12.8. The molecule has 0 bridgehead atoms. The summed E-state index contributed by atoms with van der Waals surface area (Å²) in [5.74, 6) is -0.335. The van der Waals surface area contributed by atoms with Gasteiger partial charge in [0.2, 0.25) is 0 Å². The second-order valence-electron chi connectivity index (χ2n) is 5.14. The predicted molar refractivity (Wildman–Crippen MR) is 78.1 cm³/mol. The van der Waals surface area contributed by atoms with Gasteiger partial charge in [-0.05, 0) is 39.6 Å². The van der Waals surface area contributed by atoms with Crippen LogP contribution in [0.3, 0.4) is 0 Å². The average molecular weight is 268 g/mol. The molecule has 0 spiro atoms. The van der Waals surface area contributed by atoms with Crippen LogP contribution in [-0.4, -0.2) is 43.7 Å². The third-order valence-corrected chi connectivity index (χ3v) is 3.10. The lowest BCUT2D eigenvalue weighted by atomic mass is 10.1. The molecule has 1 N–H and O–H groups in total. The number of halogens is 1. The van der Waals surface area contributed by atoms with Crippen molar-refractivity contribution in [3.8, 4) is 0 Å². The molecule has 0 aromatic heterocycles. The molecular formula is C15H25FN2O. The zero-order chi connectivity index (χ0) is 14.4. The first-order valence-corrected chi connectivity index (χ1v) is 6.83. The van der Waals surface area contributed by atoms with E-state index in [1.165, 1.54) is 6.07 Å². The third-order valence-electron chi connectivity index (χ3n) is 3.10. The average Bonchev–Trinajstić information content (AvgIpc) is 2.33. The molecular weight excluding hydrogens is 243 g/mol. The lowest BCUT2D eigenvalue weighted by Crippen LogP contribution is -2.33. The van der Waals surface area contributed by atoms with Gasteiger partial charge in [-0.3, -0.25) is 0 Å². The quantitative estimate of drug-likeness (QED) is 0.823. The fourth-order valence-corrected chi connectivity index (χ4v) is 2.16. The van der Waals surface area contributed by atoms with Crippen molar-refractivity contribution in [1.29, 1.82) is 0 Å². The summed E-state index contributed by atoms with van der Waals surface area (Å²) < 4.78 is 13.9. The van der Waals surface area contributed by atoms with E-state index in [-0.39, 0.29) is 5.82 Å². The molecule has 4 heteroatoms. The zero-order valence-corrected chi connectivity index (χ0v) is 12.4. The maximum atomic E-state index is 13.9. The number of hydrogen-bond donors (Lipinski definition) is 1. The van der Waals surface area contributed by atoms with Crippen LogP contribution in [0.2, 0.25) is 0 Å². The molecule has 0 aliphatic carbocycles. The smallest absolute Gasteiger partial charge is 0.131 e. The maximum Gasteiger partial charge on any atom is 0.131 e. The fraction of sp³-hybridized carbons (Fsp3) is 0.600. The highest BCUT2D eigenvalue weighted by atomic mass is 19.1. The number of aliphatic hydroxyl groups excluding tert-OH is 1. The number of aliphatic hydroxyl groups is 1. The maximum absolute atomic E-state index is 13.9. The molecule has 1 rings (SSSR count). The Bertz CT molecular complexity index is 394. The molecule has 0 saturated heterocycles. The predicted octanol–water partition coefficient (Wildman–Crippen LogP) is 2.66. The Morgan fingerprint density at radius 3 is 2.42 bits per heavy atom. The summed E-state index contributed by atoms with van der Waals surface area (Å²) in [6.07, 6.45) is 0.193. The molecule has 1 aromatic rings. The van der Waals surface area contributed by atoms with Crippen LogP contribution in [0.5, 0.6) is 0 Å². The van der Waals surface area contributed by atoms with Gasteiger partial charge in [0.25, 0.3) is 0 Å². The van der Waals surface area contributed by atoms with Gasteiger partial charge in [0, 0.05) is 30.9 Å². The van der Waals surface area contributed by atoms with Crippen molar-refractivity contribution in [2.45, 2.75) is 26.4 Å². The number of nitrogens with zero attached hydrogens (tertiary/aromatic N) is 2. The summed E-state index contributed by atoms with van der Waals surface area (Å²) in [7, 11) is 4.04. The molecule has 3 nitrogen and oxygen atoms in total. The molecule has 19 heavy (non-hydrogen) atoms. The van der Waals surface area contributed by atoms with Gasteiger partial charge < -0.3 is 14.9 Å². The van der Waals surface area contributed by atoms with Gasteiger partial charge in [-0.2, -0.15) is 0 Å². The Morgan fingerprint density at radius 1 is 1.21 bits per heavy atom. The van der Waals surface area contributed by atoms with E-state index >= 15 is 0 Å². The first-order valence-electron chi connectivity index (χ1n) is 6.83. The molecule has 0 aliphatic heterocycles. The van der Waals surface area contributed by atoms with Gasteiger partial charge in [-0.25, -0.2) is 4.39 Å². The van der Waals surface area contributed by atoms with Crippen molar-refractivity contribution < 1.29 is 9.50 Å². The van der Waals surface area contributed by atoms with E-state index in [1.807, 2.05) is 20.2 Å². The summed E-state index contributed by atoms with van der Waals surface area (Å²) in [5, 5.41) is 9.80. The zero-order valence-electron chi connectivity index (χ0n) is 12.4. The highest BCUT2D eigenvalue weighted by molar-refractivity contribution is 5.55. The van der Waals surface area contributed by atoms with Gasteiger partial charge in [0.1, 0.15) is 5.82 Å². The van der Waals surface area contributed by atoms with Crippen molar-refractivity contribution in [3.05, 3.63) is 29.6 Å². The minimum atomic E-state index is -0.796. The van der Waals surface area contributed by atoms with Gasteiger partial charge in [-0.15, -0.1) is 0 Å². The molecule has 0 saturated carbocycles. The summed E-state index contributed by atoms with van der Waals surface area (Å²) in [5.41, 5.74) is 1.20. The van der Waals surface area contributed by atoms with Gasteiger partial charge in [0.05, 0.1) is 6.10 Å². The van der Waals surface area contributed by atoms with Crippen LogP contribution in [0.1, 0.15) is 31.9 Å². The highest BCUT2D eigenvalue weighted by Gasteiger charge is 2.17. The molecule has 0 amide bonds. The SMILES string of the molecule is CCCN(CCN(C)C)c1cccc(F)c1[C@@H](C)O. The van der Waals surface area contributed by atoms with Gasteiger partial charge in [-0.1, -0.05) is 13.0 Å². The van der Waals surface area contributed by atoms with Gasteiger partial charge >= 0.3 is 0 Å². The number of rotatable bonds is 7. The monoisotopic (exact) mass is 268 g/mol.